The lowest BCUT2D eigenvalue weighted by Crippen LogP contribution is -2.32. The molecule has 1 amide bonds. The molecule has 0 saturated heterocycles. The predicted molar refractivity (Wildman–Crippen MR) is 151 cm³/mol. The topological polar surface area (TPSA) is 59.5 Å². The fraction of sp³-hybridized carbons (Fsp3) is 0.700. The quantitative estimate of drug-likeness (QED) is 0.0854. The first-order valence-electron chi connectivity index (χ1n) is 14.7. The number of unbranched alkanes of at least 4 members (excludes halogenated alkanes) is 13. The van der Waals surface area contributed by atoms with Gasteiger partial charge in [0.2, 0.25) is 5.91 Å². The molecule has 0 unspecified atom stereocenters. The number of hydrogen-bond acceptors (Lipinski definition) is 5. The molecular formula is C30H45F3N2O3S. The molecule has 5 nitrogen and oxygen atoms in total. The van der Waals surface area contributed by atoms with Gasteiger partial charge in [-0.2, -0.15) is 0 Å². The average molecular weight is 571 g/mol. The van der Waals surface area contributed by atoms with Crippen LogP contribution in [-0.4, -0.2) is 34.9 Å². The Morgan fingerprint density at radius 1 is 0.821 bits per heavy atom. The Morgan fingerprint density at radius 3 is 1.95 bits per heavy atom. The van der Waals surface area contributed by atoms with Gasteiger partial charge in [-0.15, -0.1) is 11.3 Å². The lowest BCUT2D eigenvalue weighted by Gasteiger charge is -2.21. The molecule has 1 aromatic heterocycles. The second-order valence-electron chi connectivity index (χ2n) is 10.2. The summed E-state index contributed by atoms with van der Waals surface area (Å²) in [4.78, 5) is 30.3. The van der Waals surface area contributed by atoms with Crippen molar-refractivity contribution in [3.05, 3.63) is 28.5 Å². The minimum atomic E-state index is -1.29. The highest BCUT2D eigenvalue weighted by atomic mass is 32.1. The van der Waals surface area contributed by atoms with Crippen molar-refractivity contribution in [3.8, 4) is 0 Å². The first-order chi connectivity index (χ1) is 18.9. The molecule has 220 valence electrons. The number of aromatic nitrogens is 1. The van der Waals surface area contributed by atoms with Crippen LogP contribution in [0.1, 0.15) is 122 Å². The maximum absolute atomic E-state index is 14.1. The summed E-state index contributed by atoms with van der Waals surface area (Å²) in [5, 5.41) is 0.322. The molecule has 0 aliphatic rings. The molecule has 1 heterocycles. The Labute approximate surface area is 235 Å². The second kappa shape index (κ2) is 19.0. The number of thiazole rings is 1. The van der Waals surface area contributed by atoms with Crippen molar-refractivity contribution < 1.29 is 27.5 Å². The highest BCUT2D eigenvalue weighted by molar-refractivity contribution is 7.18. The largest absolute Gasteiger partial charge is 0.466 e. The SMILES string of the molecule is CCCCCCCCCCCCCCCCN(Cc1nc2c(F)c(F)cc(F)c2s1)C(=O)CCC(=O)OCC. The zero-order chi connectivity index (χ0) is 28.5. The summed E-state index contributed by atoms with van der Waals surface area (Å²) in [5.41, 5.74) is -0.358. The fourth-order valence-corrected chi connectivity index (χ4v) is 5.63. The van der Waals surface area contributed by atoms with Crippen molar-refractivity contribution in [2.24, 2.45) is 0 Å². The van der Waals surface area contributed by atoms with Crippen LogP contribution in [0.15, 0.2) is 6.07 Å². The third-order valence-corrected chi connectivity index (χ3v) is 7.92. The number of halogens is 3. The van der Waals surface area contributed by atoms with Gasteiger partial charge in [-0.1, -0.05) is 90.4 Å². The van der Waals surface area contributed by atoms with E-state index >= 15 is 0 Å². The van der Waals surface area contributed by atoms with Gasteiger partial charge in [0.25, 0.3) is 0 Å². The zero-order valence-electron chi connectivity index (χ0n) is 23.7. The molecule has 0 bridgehead atoms. The van der Waals surface area contributed by atoms with Gasteiger partial charge >= 0.3 is 5.97 Å². The van der Waals surface area contributed by atoms with E-state index in [4.69, 9.17) is 4.74 Å². The maximum atomic E-state index is 14.1. The van der Waals surface area contributed by atoms with Crippen molar-refractivity contribution in [1.29, 1.82) is 0 Å². The van der Waals surface area contributed by atoms with E-state index in [1.54, 1.807) is 11.8 Å². The van der Waals surface area contributed by atoms with E-state index < -0.39 is 23.4 Å². The zero-order valence-corrected chi connectivity index (χ0v) is 24.5. The molecule has 1 aromatic carbocycles. The highest BCUT2D eigenvalue weighted by Crippen LogP contribution is 2.29. The van der Waals surface area contributed by atoms with Crippen molar-refractivity contribution in [3.63, 3.8) is 0 Å². The van der Waals surface area contributed by atoms with Crippen molar-refractivity contribution in [1.82, 2.24) is 9.88 Å². The summed E-state index contributed by atoms with van der Waals surface area (Å²) in [6.45, 7) is 4.70. The Balaban J connectivity index is 1.78. The number of esters is 1. The molecular weight excluding hydrogens is 525 g/mol. The molecule has 2 aromatic rings. The van der Waals surface area contributed by atoms with Gasteiger partial charge in [0.15, 0.2) is 11.6 Å². The first-order valence-corrected chi connectivity index (χ1v) is 15.5. The third kappa shape index (κ3) is 12.3. The summed E-state index contributed by atoms with van der Waals surface area (Å²) in [6, 6.07) is 0.510. The predicted octanol–water partition coefficient (Wildman–Crippen LogP) is 8.87. The number of amides is 1. The van der Waals surface area contributed by atoms with Crippen LogP contribution in [0.25, 0.3) is 10.2 Å². The summed E-state index contributed by atoms with van der Waals surface area (Å²) < 4.78 is 46.7. The van der Waals surface area contributed by atoms with E-state index in [9.17, 15) is 22.8 Å². The molecule has 0 fully saturated rings. The molecule has 0 N–H and O–H groups in total. The van der Waals surface area contributed by atoms with Gasteiger partial charge < -0.3 is 9.64 Å². The van der Waals surface area contributed by atoms with E-state index in [0.29, 0.717) is 17.6 Å². The molecule has 2 rings (SSSR count). The number of nitrogens with zero attached hydrogens (tertiary/aromatic N) is 2. The number of ether oxygens (including phenoxy) is 1. The molecule has 9 heteroatoms. The van der Waals surface area contributed by atoms with E-state index in [1.165, 1.54) is 64.2 Å². The van der Waals surface area contributed by atoms with E-state index in [1.807, 2.05) is 0 Å². The molecule has 39 heavy (non-hydrogen) atoms. The normalized spacial score (nSPS) is 11.3. The summed E-state index contributed by atoms with van der Waals surface area (Å²) in [6.07, 6.45) is 17.1. The lowest BCUT2D eigenvalue weighted by atomic mass is 10.0. The van der Waals surface area contributed by atoms with Crippen LogP contribution < -0.4 is 0 Å². The number of fused-ring (bicyclic) bond motifs is 1. The standard InChI is InChI=1S/C30H45F3N2O3S/c1-3-5-6-7-8-9-10-11-12-13-14-15-16-17-20-35(26(36)18-19-27(37)38-4-2)22-25-34-29-28(33)23(31)21-24(32)30(29)39-25/h21H,3-20,22H2,1-2H3. The molecule has 0 aliphatic heterocycles. The van der Waals surface area contributed by atoms with Crippen LogP contribution in [0.3, 0.4) is 0 Å². The Kier molecular flexibility index (Phi) is 16.1. The van der Waals surface area contributed by atoms with Crippen molar-refractivity contribution >= 4 is 33.4 Å². The van der Waals surface area contributed by atoms with E-state index in [0.717, 1.165) is 37.0 Å². The van der Waals surface area contributed by atoms with Gasteiger partial charge in [-0.05, 0) is 13.3 Å². The minimum Gasteiger partial charge on any atom is -0.466 e. The van der Waals surface area contributed by atoms with Gasteiger partial charge in [-0.25, -0.2) is 18.2 Å². The van der Waals surface area contributed by atoms with E-state index in [2.05, 4.69) is 11.9 Å². The lowest BCUT2D eigenvalue weighted by molar-refractivity contribution is -0.145. The molecule has 0 aliphatic carbocycles. The van der Waals surface area contributed by atoms with Crippen LogP contribution in [0.5, 0.6) is 0 Å². The van der Waals surface area contributed by atoms with Crippen molar-refractivity contribution in [2.45, 2.75) is 123 Å². The monoisotopic (exact) mass is 570 g/mol. The van der Waals surface area contributed by atoms with Gasteiger partial charge in [-0.3, -0.25) is 9.59 Å². The maximum Gasteiger partial charge on any atom is 0.306 e. The van der Waals surface area contributed by atoms with Crippen LogP contribution in [-0.2, 0) is 20.9 Å². The van der Waals surface area contributed by atoms with Crippen LogP contribution >= 0.6 is 11.3 Å². The summed E-state index contributed by atoms with van der Waals surface area (Å²) >= 11 is 0.910. The molecule has 0 radical (unpaired) electrons. The van der Waals surface area contributed by atoms with Gasteiger partial charge in [0.1, 0.15) is 16.3 Å². The third-order valence-electron chi connectivity index (χ3n) is 6.87. The van der Waals surface area contributed by atoms with Crippen LogP contribution in [0, 0.1) is 17.5 Å². The molecule has 0 atom stereocenters. The molecule has 0 saturated carbocycles. The highest BCUT2D eigenvalue weighted by Gasteiger charge is 2.21. The van der Waals surface area contributed by atoms with Gasteiger partial charge in [0.05, 0.1) is 24.3 Å². The number of hydrogen-bond donors (Lipinski definition) is 0. The fourth-order valence-electron chi connectivity index (χ4n) is 4.65. The van der Waals surface area contributed by atoms with Crippen LogP contribution in [0.4, 0.5) is 13.2 Å². The first kappa shape index (κ1) is 33.0. The second-order valence-corrected chi connectivity index (χ2v) is 11.2. The Hall–Kier alpha value is -2.16. The number of benzene rings is 1. The van der Waals surface area contributed by atoms with Gasteiger partial charge in [0, 0.05) is 19.0 Å². The van der Waals surface area contributed by atoms with Crippen molar-refractivity contribution in [2.75, 3.05) is 13.2 Å². The number of carbonyl (C=O) groups is 2. The Bertz CT molecular complexity index is 1010. The molecule has 0 spiro atoms. The summed E-state index contributed by atoms with van der Waals surface area (Å²) in [7, 11) is 0. The van der Waals surface area contributed by atoms with Crippen LogP contribution in [0.2, 0.25) is 0 Å². The Morgan fingerprint density at radius 2 is 1.38 bits per heavy atom. The van der Waals surface area contributed by atoms with E-state index in [-0.39, 0.29) is 42.1 Å². The minimum absolute atomic E-state index is 0.0142. The summed E-state index contributed by atoms with van der Waals surface area (Å²) in [5.74, 6) is -4.05. The number of rotatable bonds is 21. The average Bonchev–Trinajstić information content (AvgIpc) is 3.35. The smallest absolute Gasteiger partial charge is 0.306 e. The number of carbonyl (C=O) groups excluding carboxylic acids is 2.